The summed E-state index contributed by atoms with van der Waals surface area (Å²) in [4.78, 5) is 11.6. The third-order valence-electron chi connectivity index (χ3n) is 4.38. The Balaban J connectivity index is 1.87. The van der Waals surface area contributed by atoms with Crippen LogP contribution in [0.1, 0.15) is 12.0 Å². The fraction of sp³-hybridized carbons (Fsp3) is 0.273. The minimum Gasteiger partial charge on any atom is -0.370 e. The smallest absolute Gasteiger partial charge is 0.163 e. The summed E-state index contributed by atoms with van der Waals surface area (Å²) in [7, 11) is 4.15. The number of anilines is 3. The Hall–Kier alpha value is -2.63. The molecule has 5 nitrogen and oxygen atoms in total. The summed E-state index contributed by atoms with van der Waals surface area (Å²) < 4.78 is 0. The molecule has 3 rings (SSSR count). The Morgan fingerprint density at radius 2 is 1.71 bits per heavy atom. The van der Waals surface area contributed by atoms with Crippen LogP contribution in [0.2, 0.25) is 5.02 Å². The van der Waals surface area contributed by atoms with Crippen LogP contribution in [0.3, 0.4) is 0 Å². The first-order valence-corrected chi connectivity index (χ1v) is 9.76. The monoisotopic (exact) mass is 395 g/mol. The van der Waals surface area contributed by atoms with Gasteiger partial charge in [-0.2, -0.15) is 0 Å². The number of nitrogens with one attached hydrogen (secondary N) is 2. The number of rotatable bonds is 8. The summed E-state index contributed by atoms with van der Waals surface area (Å²) in [6, 6.07) is 17.7. The summed E-state index contributed by atoms with van der Waals surface area (Å²) in [5, 5.41) is 7.53. The van der Waals surface area contributed by atoms with Gasteiger partial charge in [0.15, 0.2) is 5.82 Å². The first-order valence-electron chi connectivity index (χ1n) is 9.38. The Morgan fingerprint density at radius 1 is 0.964 bits per heavy atom. The lowest BCUT2D eigenvalue weighted by Gasteiger charge is -2.14. The second-order valence-electron chi connectivity index (χ2n) is 6.95. The van der Waals surface area contributed by atoms with Gasteiger partial charge >= 0.3 is 0 Å². The number of halogens is 1. The van der Waals surface area contributed by atoms with Crippen LogP contribution in [0.25, 0.3) is 11.4 Å². The zero-order chi connectivity index (χ0) is 19.9. The van der Waals surface area contributed by atoms with Gasteiger partial charge in [0, 0.05) is 28.9 Å². The molecule has 0 fully saturated rings. The second kappa shape index (κ2) is 9.53. The van der Waals surface area contributed by atoms with E-state index in [9.17, 15) is 0 Å². The summed E-state index contributed by atoms with van der Waals surface area (Å²) >= 11 is 6.26. The van der Waals surface area contributed by atoms with Crippen molar-refractivity contribution in [3.8, 4) is 11.4 Å². The third-order valence-corrected chi connectivity index (χ3v) is 4.79. The minimum absolute atomic E-state index is 0.681. The predicted octanol–water partition coefficient (Wildman–Crippen LogP) is 5.21. The van der Waals surface area contributed by atoms with E-state index in [0.717, 1.165) is 53.0 Å². The van der Waals surface area contributed by atoms with Crippen molar-refractivity contribution in [1.29, 1.82) is 0 Å². The third kappa shape index (κ3) is 5.44. The van der Waals surface area contributed by atoms with E-state index in [1.807, 2.05) is 61.5 Å². The van der Waals surface area contributed by atoms with Crippen molar-refractivity contribution < 1.29 is 0 Å². The van der Waals surface area contributed by atoms with Crippen LogP contribution in [-0.4, -0.2) is 42.1 Å². The maximum absolute atomic E-state index is 6.26. The molecule has 2 N–H and O–H groups in total. The molecule has 6 heteroatoms. The number of hydrogen-bond acceptors (Lipinski definition) is 5. The molecule has 0 bridgehead atoms. The van der Waals surface area contributed by atoms with Gasteiger partial charge in [0.1, 0.15) is 11.6 Å². The van der Waals surface area contributed by atoms with Gasteiger partial charge in [-0.15, -0.1) is 0 Å². The highest BCUT2D eigenvalue weighted by Gasteiger charge is 2.09. The van der Waals surface area contributed by atoms with Gasteiger partial charge in [-0.05, 0) is 51.7 Å². The van der Waals surface area contributed by atoms with Crippen LogP contribution in [-0.2, 0) is 0 Å². The molecule has 0 spiro atoms. The van der Waals surface area contributed by atoms with Gasteiger partial charge in [-0.3, -0.25) is 0 Å². The maximum Gasteiger partial charge on any atom is 0.163 e. The summed E-state index contributed by atoms with van der Waals surface area (Å²) in [6.45, 7) is 3.86. The second-order valence-corrected chi connectivity index (χ2v) is 7.36. The molecule has 0 unspecified atom stereocenters. The molecular formula is C22H26ClN5. The fourth-order valence-corrected chi connectivity index (χ4v) is 2.99. The highest BCUT2D eigenvalue weighted by molar-refractivity contribution is 6.31. The lowest BCUT2D eigenvalue weighted by atomic mass is 10.2. The van der Waals surface area contributed by atoms with E-state index < -0.39 is 0 Å². The molecular weight excluding hydrogens is 370 g/mol. The van der Waals surface area contributed by atoms with E-state index in [4.69, 9.17) is 21.6 Å². The SMILES string of the molecule is Cc1c(Cl)cccc1Nc1cc(NCCCN(C)C)nc(-c2ccccc2)n1. The first-order chi connectivity index (χ1) is 13.5. The molecule has 0 aliphatic carbocycles. The average Bonchev–Trinajstić information content (AvgIpc) is 2.69. The zero-order valence-electron chi connectivity index (χ0n) is 16.5. The van der Waals surface area contributed by atoms with E-state index in [2.05, 4.69) is 29.6 Å². The van der Waals surface area contributed by atoms with Gasteiger partial charge in [0.2, 0.25) is 0 Å². The maximum atomic E-state index is 6.26. The highest BCUT2D eigenvalue weighted by atomic mass is 35.5. The van der Waals surface area contributed by atoms with Crippen LogP contribution in [0.15, 0.2) is 54.6 Å². The molecule has 0 aliphatic heterocycles. The molecule has 0 saturated heterocycles. The number of benzene rings is 2. The standard InChI is InChI=1S/C22H26ClN5/c1-16-18(23)11-7-12-19(16)25-21-15-20(24-13-8-14-28(2)3)26-22(27-21)17-9-5-4-6-10-17/h4-7,9-12,15H,8,13-14H2,1-3H3,(H2,24,25,26,27). The molecule has 3 aromatic rings. The molecule has 0 saturated carbocycles. The van der Waals surface area contributed by atoms with Crippen molar-refractivity contribution in [2.45, 2.75) is 13.3 Å². The van der Waals surface area contributed by atoms with Gasteiger partial charge in [-0.25, -0.2) is 9.97 Å². The molecule has 0 amide bonds. The number of nitrogens with zero attached hydrogens (tertiary/aromatic N) is 3. The van der Waals surface area contributed by atoms with Gasteiger partial charge in [0.25, 0.3) is 0 Å². The lowest BCUT2D eigenvalue weighted by molar-refractivity contribution is 0.405. The van der Waals surface area contributed by atoms with E-state index in [1.165, 1.54) is 0 Å². The largest absolute Gasteiger partial charge is 0.370 e. The molecule has 146 valence electrons. The van der Waals surface area contributed by atoms with E-state index >= 15 is 0 Å². The van der Waals surface area contributed by atoms with Crippen molar-refractivity contribution in [2.24, 2.45) is 0 Å². The lowest BCUT2D eigenvalue weighted by Crippen LogP contribution is -2.16. The van der Waals surface area contributed by atoms with Crippen LogP contribution in [0, 0.1) is 6.92 Å². The molecule has 1 heterocycles. The van der Waals surface area contributed by atoms with Crippen molar-refractivity contribution >= 4 is 28.9 Å². The summed E-state index contributed by atoms with van der Waals surface area (Å²) in [5.74, 6) is 2.21. The molecule has 28 heavy (non-hydrogen) atoms. The highest BCUT2D eigenvalue weighted by Crippen LogP contribution is 2.27. The van der Waals surface area contributed by atoms with Crippen LogP contribution >= 0.6 is 11.6 Å². The van der Waals surface area contributed by atoms with Crippen molar-refractivity contribution in [3.63, 3.8) is 0 Å². The van der Waals surface area contributed by atoms with Gasteiger partial charge in [-0.1, -0.05) is 48.0 Å². The van der Waals surface area contributed by atoms with Crippen molar-refractivity contribution in [2.75, 3.05) is 37.8 Å². The summed E-state index contributed by atoms with van der Waals surface area (Å²) in [5.41, 5.74) is 2.90. The quantitative estimate of drug-likeness (QED) is 0.512. The Labute approximate surface area is 171 Å². The molecule has 1 aromatic heterocycles. The topological polar surface area (TPSA) is 53.1 Å². The fourth-order valence-electron chi connectivity index (χ4n) is 2.81. The Morgan fingerprint density at radius 3 is 2.46 bits per heavy atom. The molecule has 0 atom stereocenters. The predicted molar refractivity (Wildman–Crippen MR) is 119 cm³/mol. The van der Waals surface area contributed by atoms with E-state index in [0.29, 0.717) is 5.82 Å². The number of hydrogen-bond donors (Lipinski definition) is 2. The zero-order valence-corrected chi connectivity index (χ0v) is 17.3. The van der Waals surface area contributed by atoms with Crippen molar-refractivity contribution in [1.82, 2.24) is 14.9 Å². The van der Waals surface area contributed by atoms with Gasteiger partial charge < -0.3 is 15.5 Å². The van der Waals surface area contributed by atoms with Crippen LogP contribution in [0.5, 0.6) is 0 Å². The summed E-state index contributed by atoms with van der Waals surface area (Å²) in [6.07, 6.45) is 1.04. The molecule has 0 radical (unpaired) electrons. The average molecular weight is 396 g/mol. The van der Waals surface area contributed by atoms with Crippen LogP contribution < -0.4 is 10.6 Å². The first kappa shape index (κ1) is 20.1. The normalized spacial score (nSPS) is 10.9. The van der Waals surface area contributed by atoms with Gasteiger partial charge in [0.05, 0.1) is 0 Å². The van der Waals surface area contributed by atoms with Crippen molar-refractivity contribution in [3.05, 3.63) is 65.2 Å². The molecule has 2 aromatic carbocycles. The van der Waals surface area contributed by atoms with E-state index in [-0.39, 0.29) is 0 Å². The van der Waals surface area contributed by atoms with E-state index in [1.54, 1.807) is 0 Å². The number of aromatic nitrogens is 2. The minimum atomic E-state index is 0.681. The Kier molecular flexibility index (Phi) is 6.85. The Bertz CT molecular complexity index is 912. The molecule has 0 aliphatic rings. The van der Waals surface area contributed by atoms with Crippen LogP contribution in [0.4, 0.5) is 17.3 Å².